The molecule has 0 amide bonds. The van der Waals surface area contributed by atoms with Crippen LogP contribution in [0.2, 0.25) is 0 Å². The third kappa shape index (κ3) is 3.20. The first kappa shape index (κ1) is 12.0. The molecular weight excluding hydrogens is 210 g/mol. The van der Waals surface area contributed by atoms with Crippen LogP contribution in [-0.4, -0.2) is 13.6 Å². The summed E-state index contributed by atoms with van der Waals surface area (Å²) in [6.07, 6.45) is -4.18. The zero-order valence-electron chi connectivity index (χ0n) is 8.16. The zero-order valence-corrected chi connectivity index (χ0v) is 8.16. The Kier molecular flexibility index (Phi) is 3.68. The smallest absolute Gasteiger partial charge is 0.319 e. The van der Waals surface area contributed by atoms with E-state index < -0.39 is 17.6 Å². The highest BCUT2D eigenvalue weighted by molar-refractivity contribution is 5.27. The van der Waals surface area contributed by atoms with Crippen molar-refractivity contribution >= 4 is 0 Å². The van der Waals surface area contributed by atoms with Crippen molar-refractivity contribution in [2.45, 2.75) is 12.6 Å². The number of halogens is 4. The lowest BCUT2D eigenvalue weighted by molar-refractivity contribution is -0.140. The van der Waals surface area contributed by atoms with Crippen molar-refractivity contribution in [3.05, 3.63) is 35.1 Å². The first-order chi connectivity index (χ1) is 6.95. The maximum Gasteiger partial charge on any atom is 0.419 e. The van der Waals surface area contributed by atoms with Crippen LogP contribution >= 0.6 is 0 Å². The molecule has 1 nitrogen and oxygen atoms in total. The summed E-state index contributed by atoms with van der Waals surface area (Å²) in [5, 5.41) is 2.81. The fourth-order valence-electron chi connectivity index (χ4n) is 1.21. The lowest BCUT2D eigenvalue weighted by atomic mass is 10.1. The number of rotatable bonds is 3. The molecule has 1 aromatic carbocycles. The highest BCUT2D eigenvalue weighted by atomic mass is 19.4. The summed E-state index contributed by atoms with van der Waals surface area (Å²) in [5.74, 6) is -1.23. The van der Waals surface area contributed by atoms with Crippen LogP contribution in [0.15, 0.2) is 18.2 Å². The third-order valence-corrected chi connectivity index (χ3v) is 2.00. The second kappa shape index (κ2) is 4.61. The normalized spacial score (nSPS) is 11.8. The molecule has 0 unspecified atom stereocenters. The van der Waals surface area contributed by atoms with E-state index in [-0.39, 0.29) is 0 Å². The lowest BCUT2D eigenvalue weighted by Crippen LogP contribution is -2.12. The molecule has 0 aliphatic rings. The molecule has 0 aliphatic heterocycles. The van der Waals surface area contributed by atoms with Crippen LogP contribution in [0.4, 0.5) is 17.6 Å². The van der Waals surface area contributed by atoms with Gasteiger partial charge in [-0.1, -0.05) is 6.07 Å². The first-order valence-corrected chi connectivity index (χ1v) is 4.45. The minimum absolute atomic E-state index is 0.444. The molecule has 0 spiro atoms. The molecule has 84 valence electrons. The number of benzene rings is 1. The van der Waals surface area contributed by atoms with E-state index >= 15 is 0 Å². The molecular formula is C10H11F4N. The Morgan fingerprint density at radius 3 is 2.47 bits per heavy atom. The fraction of sp³-hybridized carbons (Fsp3) is 0.400. The summed E-state index contributed by atoms with van der Waals surface area (Å²) in [5.41, 5.74) is -0.728. The van der Waals surface area contributed by atoms with Gasteiger partial charge in [0.05, 0.1) is 5.56 Å². The number of alkyl halides is 3. The van der Waals surface area contributed by atoms with E-state index in [0.29, 0.717) is 18.5 Å². The van der Waals surface area contributed by atoms with Gasteiger partial charge in [-0.3, -0.25) is 0 Å². The summed E-state index contributed by atoms with van der Waals surface area (Å²) in [4.78, 5) is 0. The van der Waals surface area contributed by atoms with Crippen LogP contribution in [0.3, 0.4) is 0 Å². The molecule has 1 aromatic rings. The molecule has 0 atom stereocenters. The molecule has 1 rings (SSSR count). The average molecular weight is 221 g/mol. The van der Waals surface area contributed by atoms with Crippen LogP contribution in [0.5, 0.6) is 0 Å². The van der Waals surface area contributed by atoms with Crippen molar-refractivity contribution in [3.8, 4) is 0 Å². The summed E-state index contributed by atoms with van der Waals surface area (Å²) >= 11 is 0. The Hall–Kier alpha value is -1.10. The van der Waals surface area contributed by atoms with Gasteiger partial charge in [-0.15, -0.1) is 0 Å². The molecule has 0 bridgehead atoms. The fourth-order valence-corrected chi connectivity index (χ4v) is 1.21. The van der Waals surface area contributed by atoms with Crippen LogP contribution in [0.25, 0.3) is 0 Å². The summed E-state index contributed by atoms with van der Waals surface area (Å²) in [7, 11) is 1.70. The van der Waals surface area contributed by atoms with Gasteiger partial charge in [0, 0.05) is 0 Å². The van der Waals surface area contributed by atoms with Gasteiger partial charge in [0.2, 0.25) is 0 Å². The molecule has 1 N–H and O–H groups in total. The van der Waals surface area contributed by atoms with E-state index in [1.807, 2.05) is 0 Å². The van der Waals surface area contributed by atoms with Gasteiger partial charge in [0.15, 0.2) is 0 Å². The van der Waals surface area contributed by atoms with Gasteiger partial charge in [-0.25, -0.2) is 4.39 Å². The van der Waals surface area contributed by atoms with Crippen molar-refractivity contribution in [2.75, 3.05) is 13.6 Å². The minimum Gasteiger partial charge on any atom is -0.319 e. The molecule has 0 aliphatic carbocycles. The van der Waals surface area contributed by atoms with Crippen LogP contribution in [-0.2, 0) is 12.6 Å². The van der Waals surface area contributed by atoms with Crippen molar-refractivity contribution in [1.29, 1.82) is 0 Å². The predicted octanol–water partition coefficient (Wildman–Crippen LogP) is 2.61. The first-order valence-electron chi connectivity index (χ1n) is 4.45. The minimum atomic E-state index is -4.63. The largest absolute Gasteiger partial charge is 0.419 e. The Bertz CT molecular complexity index is 333. The number of hydrogen-bond acceptors (Lipinski definition) is 1. The third-order valence-electron chi connectivity index (χ3n) is 2.00. The predicted molar refractivity (Wildman–Crippen MR) is 49.0 cm³/mol. The van der Waals surface area contributed by atoms with Gasteiger partial charge in [-0.2, -0.15) is 13.2 Å². The van der Waals surface area contributed by atoms with Crippen LogP contribution < -0.4 is 5.32 Å². The van der Waals surface area contributed by atoms with Gasteiger partial charge >= 0.3 is 6.18 Å². The quantitative estimate of drug-likeness (QED) is 0.773. The van der Waals surface area contributed by atoms with Crippen molar-refractivity contribution in [1.82, 2.24) is 5.32 Å². The second-order valence-corrected chi connectivity index (χ2v) is 3.17. The van der Waals surface area contributed by atoms with Crippen molar-refractivity contribution in [3.63, 3.8) is 0 Å². The van der Waals surface area contributed by atoms with E-state index in [2.05, 4.69) is 5.32 Å². The highest BCUT2D eigenvalue weighted by Crippen LogP contribution is 2.31. The van der Waals surface area contributed by atoms with E-state index in [4.69, 9.17) is 0 Å². The molecule has 0 saturated carbocycles. The van der Waals surface area contributed by atoms with Gasteiger partial charge < -0.3 is 5.32 Å². The molecule has 0 aromatic heterocycles. The van der Waals surface area contributed by atoms with Crippen molar-refractivity contribution < 1.29 is 17.6 Å². The van der Waals surface area contributed by atoms with E-state index in [1.165, 1.54) is 6.07 Å². The molecule has 0 heterocycles. The summed E-state index contributed by atoms with van der Waals surface area (Å²) in [6.45, 7) is 0.558. The topological polar surface area (TPSA) is 12.0 Å². The lowest BCUT2D eigenvalue weighted by Gasteiger charge is -2.09. The Labute approximate surface area is 85.1 Å². The van der Waals surface area contributed by atoms with Crippen LogP contribution in [0, 0.1) is 5.82 Å². The van der Waals surface area contributed by atoms with E-state index in [1.54, 1.807) is 7.05 Å². The molecule has 5 heteroatoms. The average Bonchev–Trinajstić information content (AvgIpc) is 2.15. The van der Waals surface area contributed by atoms with E-state index in [9.17, 15) is 17.6 Å². The summed E-state index contributed by atoms with van der Waals surface area (Å²) in [6, 6.07) is 3.07. The number of nitrogens with one attached hydrogen (secondary N) is 1. The second-order valence-electron chi connectivity index (χ2n) is 3.17. The van der Waals surface area contributed by atoms with Gasteiger partial charge in [0.25, 0.3) is 0 Å². The molecule has 0 radical (unpaired) electrons. The monoisotopic (exact) mass is 221 g/mol. The standard InChI is InChI=1S/C10H11F4N/c1-15-5-4-7-2-3-9(11)8(6-7)10(12,13)14/h2-3,6,15H,4-5H2,1H3. The number of hydrogen-bond donors (Lipinski definition) is 1. The highest BCUT2D eigenvalue weighted by Gasteiger charge is 2.33. The zero-order chi connectivity index (χ0) is 11.5. The van der Waals surface area contributed by atoms with E-state index in [0.717, 1.165) is 12.1 Å². The van der Waals surface area contributed by atoms with Crippen LogP contribution in [0.1, 0.15) is 11.1 Å². The maximum absolute atomic E-state index is 12.9. The van der Waals surface area contributed by atoms with Gasteiger partial charge in [0.1, 0.15) is 5.82 Å². The summed E-state index contributed by atoms with van der Waals surface area (Å²) < 4.78 is 49.7. The number of likely N-dealkylation sites (N-methyl/N-ethyl adjacent to an activating group) is 1. The van der Waals surface area contributed by atoms with Gasteiger partial charge in [-0.05, 0) is 37.7 Å². The SMILES string of the molecule is CNCCc1ccc(F)c(C(F)(F)F)c1. The Morgan fingerprint density at radius 2 is 1.93 bits per heavy atom. The Morgan fingerprint density at radius 1 is 1.27 bits per heavy atom. The molecule has 15 heavy (non-hydrogen) atoms. The Balaban J connectivity index is 2.95. The molecule has 0 fully saturated rings. The van der Waals surface area contributed by atoms with Crippen molar-refractivity contribution in [2.24, 2.45) is 0 Å². The maximum atomic E-state index is 12.9. The molecule has 0 saturated heterocycles.